The second kappa shape index (κ2) is 8.37. The van der Waals surface area contributed by atoms with Crippen LogP contribution in [-0.4, -0.2) is 48.8 Å². The summed E-state index contributed by atoms with van der Waals surface area (Å²) in [5.74, 6) is 0.674. The van der Waals surface area contributed by atoms with Gasteiger partial charge in [0.05, 0.1) is 11.4 Å². The van der Waals surface area contributed by atoms with Crippen LogP contribution < -0.4 is 0 Å². The molecule has 166 valence electrons. The number of benzene rings is 2. The average molecular weight is 442 g/mol. The first-order chi connectivity index (χ1) is 14.7. The highest BCUT2D eigenvalue weighted by Gasteiger charge is 2.29. The Kier molecular flexibility index (Phi) is 5.94. The third kappa shape index (κ3) is 4.68. The van der Waals surface area contributed by atoms with Crippen LogP contribution in [0.5, 0.6) is 0 Å². The van der Waals surface area contributed by atoms with E-state index in [4.69, 9.17) is 4.42 Å². The van der Waals surface area contributed by atoms with Gasteiger partial charge >= 0.3 is 0 Å². The van der Waals surface area contributed by atoms with Crippen LogP contribution in [0.3, 0.4) is 0 Å². The maximum atomic E-state index is 13.0. The normalized spacial score (nSPS) is 16.8. The van der Waals surface area contributed by atoms with Gasteiger partial charge in [-0.15, -0.1) is 0 Å². The van der Waals surface area contributed by atoms with Gasteiger partial charge in [0.25, 0.3) is 0 Å². The molecule has 0 amide bonds. The van der Waals surface area contributed by atoms with E-state index < -0.39 is 10.0 Å². The van der Waals surface area contributed by atoms with E-state index in [1.165, 1.54) is 5.56 Å². The molecule has 1 aromatic heterocycles. The molecule has 0 unspecified atom stereocenters. The van der Waals surface area contributed by atoms with Gasteiger partial charge in [0.1, 0.15) is 5.52 Å². The molecule has 3 aromatic rings. The highest BCUT2D eigenvalue weighted by atomic mass is 32.2. The molecule has 2 aromatic carbocycles. The number of hydrogen-bond donors (Lipinski definition) is 0. The zero-order valence-electron chi connectivity index (χ0n) is 18.8. The van der Waals surface area contributed by atoms with E-state index >= 15 is 0 Å². The van der Waals surface area contributed by atoms with E-state index in [-0.39, 0.29) is 5.41 Å². The molecule has 0 bridgehead atoms. The Bertz CT molecular complexity index is 1150. The lowest BCUT2D eigenvalue weighted by molar-refractivity contribution is 0.169. The van der Waals surface area contributed by atoms with E-state index in [0.29, 0.717) is 43.5 Å². The van der Waals surface area contributed by atoms with Crippen molar-refractivity contribution in [2.75, 3.05) is 26.2 Å². The predicted octanol–water partition coefficient (Wildman–Crippen LogP) is 4.19. The minimum absolute atomic E-state index is 0.0615. The molecule has 0 atom stereocenters. The first-order valence-electron chi connectivity index (χ1n) is 10.9. The number of nitrogens with zero attached hydrogens (tertiary/aromatic N) is 3. The van der Waals surface area contributed by atoms with Gasteiger partial charge in [0.2, 0.25) is 15.9 Å². The van der Waals surface area contributed by atoms with Gasteiger partial charge in [-0.2, -0.15) is 4.31 Å². The van der Waals surface area contributed by atoms with Gasteiger partial charge in [0, 0.05) is 26.2 Å². The van der Waals surface area contributed by atoms with E-state index in [2.05, 4.69) is 49.7 Å². The van der Waals surface area contributed by atoms with Crippen molar-refractivity contribution in [3.63, 3.8) is 0 Å². The summed E-state index contributed by atoms with van der Waals surface area (Å²) >= 11 is 0. The molecule has 1 fully saturated rings. The summed E-state index contributed by atoms with van der Waals surface area (Å²) in [4.78, 5) is 7.24. The van der Waals surface area contributed by atoms with Gasteiger partial charge in [-0.05, 0) is 47.2 Å². The Morgan fingerprint density at radius 3 is 2.29 bits per heavy atom. The Hall–Kier alpha value is -2.22. The Labute approximate surface area is 184 Å². The number of hydrogen-bond acceptors (Lipinski definition) is 5. The molecule has 31 heavy (non-hydrogen) atoms. The number of fused-ring (bicyclic) bond motifs is 1. The lowest BCUT2D eigenvalue weighted by Crippen LogP contribution is -2.48. The first kappa shape index (κ1) is 22.0. The number of sulfonamides is 1. The zero-order valence-corrected chi connectivity index (χ0v) is 19.6. The van der Waals surface area contributed by atoms with Crippen LogP contribution in [0.4, 0.5) is 0 Å². The number of aryl methyl sites for hydroxylation is 1. The molecular formula is C24H31N3O3S. The van der Waals surface area contributed by atoms with Crippen LogP contribution in [0.1, 0.15) is 44.7 Å². The quantitative estimate of drug-likeness (QED) is 0.594. The Balaban J connectivity index is 1.40. The van der Waals surface area contributed by atoms with Gasteiger partial charge in [-0.25, -0.2) is 13.4 Å². The fraction of sp³-hybridized carbons (Fsp3) is 0.458. The van der Waals surface area contributed by atoms with Crippen LogP contribution in [0.25, 0.3) is 11.1 Å². The monoisotopic (exact) mass is 441 g/mol. The van der Waals surface area contributed by atoms with E-state index in [1.807, 2.05) is 18.2 Å². The lowest BCUT2D eigenvalue weighted by atomic mass is 9.87. The molecule has 7 heteroatoms. The lowest BCUT2D eigenvalue weighted by Gasteiger charge is -2.33. The zero-order chi connectivity index (χ0) is 22.2. The highest BCUT2D eigenvalue weighted by Crippen LogP contribution is 2.27. The van der Waals surface area contributed by atoms with Crippen LogP contribution >= 0.6 is 0 Å². The molecule has 1 aliphatic rings. The molecule has 0 N–H and O–H groups in total. The van der Waals surface area contributed by atoms with Crippen molar-refractivity contribution >= 4 is 21.1 Å². The smallest absolute Gasteiger partial charge is 0.243 e. The van der Waals surface area contributed by atoms with Gasteiger partial charge in [-0.3, -0.25) is 4.90 Å². The van der Waals surface area contributed by atoms with Crippen LogP contribution in [0.15, 0.2) is 51.8 Å². The summed E-state index contributed by atoms with van der Waals surface area (Å²) in [6.45, 7) is 11.4. The van der Waals surface area contributed by atoms with Crippen molar-refractivity contribution < 1.29 is 12.8 Å². The van der Waals surface area contributed by atoms with Crippen molar-refractivity contribution in [1.29, 1.82) is 0 Å². The highest BCUT2D eigenvalue weighted by molar-refractivity contribution is 7.89. The average Bonchev–Trinajstić information content (AvgIpc) is 3.15. The Morgan fingerprint density at radius 2 is 1.68 bits per heavy atom. The molecule has 2 heterocycles. The number of oxazole rings is 1. The molecular weight excluding hydrogens is 410 g/mol. The van der Waals surface area contributed by atoms with E-state index in [0.717, 1.165) is 23.1 Å². The molecule has 0 aliphatic carbocycles. The third-order valence-corrected chi connectivity index (χ3v) is 7.87. The predicted molar refractivity (Wildman–Crippen MR) is 123 cm³/mol. The van der Waals surface area contributed by atoms with Crippen molar-refractivity contribution in [1.82, 2.24) is 14.2 Å². The van der Waals surface area contributed by atoms with Crippen LogP contribution in [-0.2, 0) is 28.4 Å². The Morgan fingerprint density at radius 1 is 1.00 bits per heavy atom. The van der Waals surface area contributed by atoms with Crippen LogP contribution in [0, 0.1) is 0 Å². The molecule has 6 nitrogen and oxygen atoms in total. The van der Waals surface area contributed by atoms with E-state index in [9.17, 15) is 8.42 Å². The molecule has 0 spiro atoms. The van der Waals surface area contributed by atoms with Gasteiger partial charge in [-0.1, -0.05) is 45.9 Å². The van der Waals surface area contributed by atoms with Crippen molar-refractivity contribution in [3.8, 4) is 0 Å². The second-order valence-electron chi connectivity index (χ2n) is 9.22. The molecule has 4 rings (SSSR count). The number of rotatable bonds is 5. The topological polar surface area (TPSA) is 66.7 Å². The van der Waals surface area contributed by atoms with Crippen LogP contribution in [0.2, 0.25) is 0 Å². The molecule has 0 saturated carbocycles. The summed E-state index contributed by atoms with van der Waals surface area (Å²) in [6, 6.07) is 13.4. The second-order valence-corrected chi connectivity index (χ2v) is 11.2. The molecule has 1 aliphatic heterocycles. The number of piperazine rings is 1. The summed E-state index contributed by atoms with van der Waals surface area (Å²) in [6.07, 6.45) is 0.895. The van der Waals surface area contributed by atoms with Gasteiger partial charge in [0.15, 0.2) is 5.58 Å². The third-order valence-electron chi connectivity index (χ3n) is 5.96. The van der Waals surface area contributed by atoms with Crippen molar-refractivity contribution in [2.24, 2.45) is 0 Å². The van der Waals surface area contributed by atoms with Crippen molar-refractivity contribution in [3.05, 3.63) is 59.5 Å². The molecule has 1 saturated heterocycles. The fourth-order valence-electron chi connectivity index (χ4n) is 3.87. The SMILES string of the molecule is CCc1ccc(S(=O)(=O)N2CCN(Cc3nc4cc(C(C)(C)C)ccc4o3)CC2)cc1. The summed E-state index contributed by atoms with van der Waals surface area (Å²) in [5.41, 5.74) is 4.09. The van der Waals surface area contributed by atoms with Crippen molar-refractivity contribution in [2.45, 2.75) is 51.0 Å². The van der Waals surface area contributed by atoms with Gasteiger partial charge < -0.3 is 4.42 Å². The minimum Gasteiger partial charge on any atom is -0.439 e. The standard InChI is InChI=1S/C24H31N3O3S/c1-5-18-6-9-20(10-7-18)31(28,29)27-14-12-26(13-15-27)17-23-25-21-16-19(24(2,3)4)8-11-22(21)30-23/h6-11,16H,5,12-15,17H2,1-4H3. The molecule has 0 radical (unpaired) electrons. The number of aromatic nitrogens is 1. The fourth-order valence-corrected chi connectivity index (χ4v) is 5.30. The maximum absolute atomic E-state index is 13.0. The summed E-state index contributed by atoms with van der Waals surface area (Å²) in [5, 5.41) is 0. The first-order valence-corrected chi connectivity index (χ1v) is 12.3. The van der Waals surface area contributed by atoms with E-state index in [1.54, 1.807) is 16.4 Å². The largest absolute Gasteiger partial charge is 0.439 e. The minimum atomic E-state index is -3.45. The summed E-state index contributed by atoms with van der Waals surface area (Å²) in [7, 11) is -3.45. The maximum Gasteiger partial charge on any atom is 0.243 e. The summed E-state index contributed by atoms with van der Waals surface area (Å²) < 4.78 is 33.4.